The second-order valence-corrected chi connectivity index (χ2v) is 6.46. The SMILES string of the molecule is CC(C)Cn1ncnc1CC(O)c1ccc(Br)cc1Cl. The molecule has 0 radical (unpaired) electrons. The van der Waals surface area contributed by atoms with Crippen LogP contribution in [0.1, 0.15) is 31.3 Å². The molecule has 0 aliphatic carbocycles. The number of aromatic nitrogens is 3. The van der Waals surface area contributed by atoms with Crippen molar-refractivity contribution >= 4 is 27.5 Å². The van der Waals surface area contributed by atoms with Crippen LogP contribution in [0.25, 0.3) is 0 Å². The molecule has 0 amide bonds. The minimum Gasteiger partial charge on any atom is -0.388 e. The zero-order valence-electron chi connectivity index (χ0n) is 11.4. The highest BCUT2D eigenvalue weighted by Gasteiger charge is 2.16. The van der Waals surface area contributed by atoms with Gasteiger partial charge < -0.3 is 5.11 Å². The van der Waals surface area contributed by atoms with Gasteiger partial charge in [0.1, 0.15) is 12.2 Å². The molecule has 1 heterocycles. The fourth-order valence-corrected chi connectivity index (χ4v) is 2.80. The predicted molar refractivity (Wildman–Crippen MR) is 82.7 cm³/mol. The van der Waals surface area contributed by atoms with Crippen molar-refractivity contribution in [1.82, 2.24) is 14.8 Å². The van der Waals surface area contributed by atoms with E-state index in [-0.39, 0.29) is 0 Å². The zero-order chi connectivity index (χ0) is 14.7. The van der Waals surface area contributed by atoms with Crippen LogP contribution in [0.3, 0.4) is 0 Å². The van der Waals surface area contributed by atoms with E-state index >= 15 is 0 Å². The molecule has 108 valence electrons. The highest BCUT2D eigenvalue weighted by Crippen LogP contribution is 2.28. The topological polar surface area (TPSA) is 50.9 Å². The van der Waals surface area contributed by atoms with Crippen LogP contribution >= 0.6 is 27.5 Å². The molecule has 0 aliphatic heterocycles. The number of aliphatic hydroxyl groups is 1. The summed E-state index contributed by atoms with van der Waals surface area (Å²) >= 11 is 9.51. The van der Waals surface area contributed by atoms with E-state index in [0.29, 0.717) is 22.9 Å². The Morgan fingerprint density at radius 2 is 2.15 bits per heavy atom. The number of nitrogens with zero attached hydrogens (tertiary/aromatic N) is 3. The lowest BCUT2D eigenvalue weighted by Gasteiger charge is -2.14. The minimum absolute atomic E-state index is 0.397. The quantitative estimate of drug-likeness (QED) is 0.888. The largest absolute Gasteiger partial charge is 0.388 e. The van der Waals surface area contributed by atoms with Crippen LogP contribution in [-0.2, 0) is 13.0 Å². The Morgan fingerprint density at radius 1 is 1.40 bits per heavy atom. The van der Waals surface area contributed by atoms with Gasteiger partial charge in [0.2, 0.25) is 0 Å². The van der Waals surface area contributed by atoms with Crippen LogP contribution < -0.4 is 0 Å². The van der Waals surface area contributed by atoms with Gasteiger partial charge in [0, 0.05) is 22.5 Å². The summed E-state index contributed by atoms with van der Waals surface area (Å²) in [6.45, 7) is 5.02. The Hall–Kier alpha value is -0.910. The van der Waals surface area contributed by atoms with Crippen molar-refractivity contribution in [2.75, 3.05) is 0 Å². The Balaban J connectivity index is 2.15. The second kappa shape index (κ2) is 6.70. The molecule has 6 heteroatoms. The third-order valence-electron chi connectivity index (χ3n) is 2.93. The van der Waals surface area contributed by atoms with Crippen LogP contribution in [-0.4, -0.2) is 19.9 Å². The number of hydrogen-bond acceptors (Lipinski definition) is 3. The van der Waals surface area contributed by atoms with Crippen molar-refractivity contribution in [1.29, 1.82) is 0 Å². The van der Waals surface area contributed by atoms with E-state index in [1.54, 1.807) is 6.07 Å². The zero-order valence-corrected chi connectivity index (χ0v) is 13.8. The summed E-state index contributed by atoms with van der Waals surface area (Å²) in [5, 5.41) is 15.1. The molecular weight excluding hydrogens is 342 g/mol. The number of benzene rings is 1. The number of rotatable bonds is 5. The highest BCUT2D eigenvalue weighted by atomic mass is 79.9. The van der Waals surface area contributed by atoms with E-state index in [2.05, 4.69) is 39.9 Å². The molecule has 1 aromatic carbocycles. The van der Waals surface area contributed by atoms with Crippen LogP contribution in [0.2, 0.25) is 5.02 Å². The van der Waals surface area contributed by atoms with Gasteiger partial charge in [-0.05, 0) is 23.6 Å². The summed E-state index contributed by atoms with van der Waals surface area (Å²) < 4.78 is 2.72. The maximum Gasteiger partial charge on any atom is 0.138 e. The van der Waals surface area contributed by atoms with Gasteiger partial charge in [0.15, 0.2) is 0 Å². The lowest BCUT2D eigenvalue weighted by atomic mass is 10.1. The molecule has 1 unspecified atom stereocenters. The summed E-state index contributed by atoms with van der Waals surface area (Å²) in [6, 6.07) is 5.46. The molecule has 2 rings (SSSR count). The third-order valence-corrected chi connectivity index (χ3v) is 3.75. The summed E-state index contributed by atoms with van der Waals surface area (Å²) in [5.41, 5.74) is 0.703. The summed E-state index contributed by atoms with van der Waals surface area (Å²) in [7, 11) is 0. The van der Waals surface area contributed by atoms with Crippen LogP contribution in [0.15, 0.2) is 29.0 Å². The third kappa shape index (κ3) is 3.81. The highest BCUT2D eigenvalue weighted by molar-refractivity contribution is 9.10. The Labute approximate surface area is 131 Å². The van der Waals surface area contributed by atoms with Gasteiger partial charge in [0.25, 0.3) is 0 Å². The van der Waals surface area contributed by atoms with Crippen molar-refractivity contribution in [2.24, 2.45) is 5.92 Å². The van der Waals surface area contributed by atoms with Crippen molar-refractivity contribution < 1.29 is 5.11 Å². The maximum absolute atomic E-state index is 10.3. The first-order chi connectivity index (χ1) is 9.47. The summed E-state index contributed by atoms with van der Waals surface area (Å²) in [4.78, 5) is 4.22. The van der Waals surface area contributed by atoms with Crippen LogP contribution in [0, 0.1) is 5.92 Å². The molecule has 0 fully saturated rings. The monoisotopic (exact) mass is 357 g/mol. The van der Waals surface area contributed by atoms with E-state index in [4.69, 9.17) is 11.6 Å². The lowest BCUT2D eigenvalue weighted by molar-refractivity contribution is 0.173. The smallest absolute Gasteiger partial charge is 0.138 e. The van der Waals surface area contributed by atoms with Gasteiger partial charge in [-0.3, -0.25) is 0 Å². The van der Waals surface area contributed by atoms with Gasteiger partial charge in [0.05, 0.1) is 6.10 Å². The molecule has 2 aromatic rings. The molecule has 20 heavy (non-hydrogen) atoms. The first kappa shape index (κ1) is 15.5. The predicted octanol–water partition coefficient (Wildman–Crippen LogP) is 3.63. The van der Waals surface area contributed by atoms with E-state index in [1.165, 1.54) is 6.33 Å². The van der Waals surface area contributed by atoms with E-state index in [0.717, 1.165) is 16.8 Å². The Kier molecular flexibility index (Phi) is 5.18. The van der Waals surface area contributed by atoms with Crippen LogP contribution in [0.5, 0.6) is 0 Å². The molecule has 4 nitrogen and oxygen atoms in total. The fraction of sp³-hybridized carbons (Fsp3) is 0.429. The van der Waals surface area contributed by atoms with Gasteiger partial charge in [-0.1, -0.05) is 47.4 Å². The summed E-state index contributed by atoms with van der Waals surface area (Å²) in [6.07, 6.45) is 1.23. The van der Waals surface area contributed by atoms with E-state index in [9.17, 15) is 5.11 Å². The molecule has 1 N–H and O–H groups in total. The molecule has 0 aliphatic rings. The molecule has 0 saturated heterocycles. The van der Waals surface area contributed by atoms with E-state index in [1.807, 2.05) is 16.8 Å². The first-order valence-electron chi connectivity index (χ1n) is 6.47. The minimum atomic E-state index is -0.689. The van der Waals surface area contributed by atoms with Crippen LogP contribution in [0.4, 0.5) is 0 Å². The Bertz CT molecular complexity index is 586. The maximum atomic E-state index is 10.3. The first-order valence-corrected chi connectivity index (χ1v) is 7.64. The van der Waals surface area contributed by atoms with Gasteiger partial charge in [-0.15, -0.1) is 0 Å². The normalized spacial score (nSPS) is 12.9. The van der Waals surface area contributed by atoms with Gasteiger partial charge in [-0.25, -0.2) is 9.67 Å². The van der Waals surface area contributed by atoms with Crippen molar-refractivity contribution in [2.45, 2.75) is 32.9 Å². The second-order valence-electron chi connectivity index (χ2n) is 5.14. The number of hydrogen-bond donors (Lipinski definition) is 1. The van der Waals surface area contributed by atoms with Crippen molar-refractivity contribution in [3.63, 3.8) is 0 Å². The van der Waals surface area contributed by atoms with Gasteiger partial charge in [-0.2, -0.15) is 5.10 Å². The fourth-order valence-electron chi connectivity index (χ4n) is 2.00. The molecule has 1 atom stereocenters. The standard InChI is InChI=1S/C14H17BrClN3O/c1-9(2)7-19-14(17-8-18-19)6-13(20)11-4-3-10(15)5-12(11)16/h3-5,8-9,13,20H,6-7H2,1-2H3. The molecule has 1 aromatic heterocycles. The Morgan fingerprint density at radius 3 is 2.80 bits per heavy atom. The summed E-state index contributed by atoms with van der Waals surface area (Å²) in [5.74, 6) is 1.24. The molecule has 0 spiro atoms. The number of aliphatic hydroxyl groups excluding tert-OH is 1. The van der Waals surface area contributed by atoms with Gasteiger partial charge >= 0.3 is 0 Å². The molecule has 0 bridgehead atoms. The average Bonchev–Trinajstić information content (AvgIpc) is 2.75. The van der Waals surface area contributed by atoms with Crippen molar-refractivity contribution in [3.05, 3.63) is 45.4 Å². The molecular formula is C14H17BrClN3O. The molecule has 0 saturated carbocycles. The average molecular weight is 359 g/mol. The number of halogens is 2. The lowest BCUT2D eigenvalue weighted by Crippen LogP contribution is -2.13. The van der Waals surface area contributed by atoms with E-state index < -0.39 is 6.10 Å². The van der Waals surface area contributed by atoms with Crippen molar-refractivity contribution in [3.8, 4) is 0 Å².